The number of ether oxygens (including phenoxy) is 1. The van der Waals surface area contributed by atoms with Gasteiger partial charge in [-0.15, -0.1) is 0 Å². The van der Waals surface area contributed by atoms with Crippen molar-refractivity contribution in [2.45, 2.75) is 37.6 Å². The number of alkyl halides is 6. The number of morpholine rings is 1. The number of aliphatic imine (C=N–C) groups is 1. The zero-order chi connectivity index (χ0) is 28.5. The second kappa shape index (κ2) is 11.3. The Morgan fingerprint density at radius 1 is 1.00 bits per heavy atom. The quantitative estimate of drug-likeness (QED) is 0.478. The second-order valence-corrected chi connectivity index (χ2v) is 9.68. The predicted molar refractivity (Wildman–Crippen MR) is 136 cm³/mol. The third kappa shape index (κ3) is 6.18. The van der Waals surface area contributed by atoms with E-state index >= 15 is 0 Å². The molecule has 0 aliphatic carbocycles. The van der Waals surface area contributed by atoms with Crippen LogP contribution < -0.4 is 15.5 Å². The first-order chi connectivity index (χ1) is 19.0. The number of benzene rings is 1. The number of aliphatic hydroxyl groups is 1. The standard InChI is InChI=1S/C26H28F6N6O2/c27-25(28,29)16-3-5-17(6-4-16)34-22-19-7-10-37(23-20(26(30,31)32)2-1-9-33-23)11-8-21(19)35-24(36-22)38-12-13-40-18(14-38)15-39/h1-6,9,18,24,35,39H,7-8,10-15H2,(H,34,36). The van der Waals surface area contributed by atoms with Crippen molar-refractivity contribution in [2.24, 2.45) is 4.99 Å². The van der Waals surface area contributed by atoms with Gasteiger partial charge in [0.2, 0.25) is 0 Å². The van der Waals surface area contributed by atoms with Crippen molar-refractivity contribution in [3.63, 3.8) is 0 Å². The van der Waals surface area contributed by atoms with E-state index in [0.29, 0.717) is 44.1 Å². The number of hydrogen-bond donors (Lipinski definition) is 3. The number of aliphatic hydroxyl groups excluding tert-OH is 1. The number of nitrogens with one attached hydrogen (secondary N) is 2. The van der Waals surface area contributed by atoms with Crippen LogP contribution in [0.2, 0.25) is 0 Å². The molecule has 1 aromatic carbocycles. The van der Waals surface area contributed by atoms with E-state index in [4.69, 9.17) is 9.73 Å². The predicted octanol–water partition coefficient (Wildman–Crippen LogP) is 4.06. The summed E-state index contributed by atoms with van der Waals surface area (Å²) in [5.41, 5.74) is 0.288. The van der Waals surface area contributed by atoms with E-state index in [1.165, 1.54) is 24.4 Å². The second-order valence-electron chi connectivity index (χ2n) is 9.68. The Labute approximate surface area is 226 Å². The Morgan fingerprint density at radius 2 is 1.75 bits per heavy atom. The van der Waals surface area contributed by atoms with Crippen LogP contribution in [-0.4, -0.2) is 72.6 Å². The molecular formula is C26H28F6N6O2. The summed E-state index contributed by atoms with van der Waals surface area (Å²) in [7, 11) is 0. The van der Waals surface area contributed by atoms with Crippen molar-refractivity contribution in [1.82, 2.24) is 15.2 Å². The number of halogens is 6. The van der Waals surface area contributed by atoms with Crippen molar-refractivity contribution >= 4 is 17.3 Å². The van der Waals surface area contributed by atoms with Crippen LogP contribution in [0.1, 0.15) is 24.0 Å². The molecule has 1 aromatic heterocycles. The zero-order valence-electron chi connectivity index (χ0n) is 21.3. The summed E-state index contributed by atoms with van der Waals surface area (Å²) in [6.07, 6.45) is -8.01. The van der Waals surface area contributed by atoms with Gasteiger partial charge in [-0.05, 0) is 42.8 Å². The van der Waals surface area contributed by atoms with E-state index in [1.807, 2.05) is 4.90 Å². The first-order valence-electron chi connectivity index (χ1n) is 12.8. The van der Waals surface area contributed by atoms with Crippen molar-refractivity contribution in [2.75, 3.05) is 49.6 Å². The summed E-state index contributed by atoms with van der Waals surface area (Å²) >= 11 is 0. The molecule has 2 aromatic rings. The van der Waals surface area contributed by atoms with Gasteiger partial charge in [0.1, 0.15) is 11.7 Å². The summed E-state index contributed by atoms with van der Waals surface area (Å²) in [5, 5.41) is 16.1. The number of amidine groups is 1. The number of nitrogens with zero attached hydrogens (tertiary/aromatic N) is 4. The highest BCUT2D eigenvalue weighted by Gasteiger charge is 2.37. The van der Waals surface area contributed by atoms with Gasteiger partial charge in [0.05, 0.1) is 30.4 Å². The van der Waals surface area contributed by atoms with Gasteiger partial charge < -0.3 is 25.4 Å². The number of hydrogen-bond acceptors (Lipinski definition) is 8. The molecule has 40 heavy (non-hydrogen) atoms. The minimum atomic E-state index is -4.57. The van der Waals surface area contributed by atoms with E-state index in [9.17, 15) is 31.4 Å². The Bertz CT molecular complexity index is 1260. The van der Waals surface area contributed by atoms with Gasteiger partial charge in [-0.3, -0.25) is 4.90 Å². The first-order valence-corrected chi connectivity index (χ1v) is 12.8. The summed E-state index contributed by atoms with van der Waals surface area (Å²) in [6, 6.07) is 6.82. The number of pyridine rings is 1. The molecule has 0 bridgehead atoms. The van der Waals surface area contributed by atoms with Gasteiger partial charge in [0.25, 0.3) is 0 Å². The molecule has 0 saturated carbocycles. The van der Waals surface area contributed by atoms with Crippen molar-refractivity contribution in [1.29, 1.82) is 0 Å². The average Bonchev–Trinajstić information content (AvgIpc) is 3.15. The van der Waals surface area contributed by atoms with Crippen LogP contribution in [0.5, 0.6) is 0 Å². The van der Waals surface area contributed by atoms with Gasteiger partial charge in [-0.1, -0.05) is 0 Å². The third-order valence-corrected chi connectivity index (χ3v) is 7.05. The molecule has 3 N–H and O–H groups in total. The molecule has 0 radical (unpaired) electrons. The fraction of sp³-hybridized carbons (Fsp3) is 0.462. The van der Waals surface area contributed by atoms with Crippen LogP contribution in [0.4, 0.5) is 37.8 Å². The number of aromatic nitrogens is 1. The van der Waals surface area contributed by atoms with Gasteiger partial charge in [-0.2, -0.15) is 26.3 Å². The third-order valence-electron chi connectivity index (χ3n) is 7.05. The van der Waals surface area contributed by atoms with E-state index in [-0.39, 0.29) is 25.5 Å². The number of anilines is 2. The molecular weight excluding hydrogens is 542 g/mol. The molecule has 0 spiro atoms. The molecule has 3 aliphatic rings. The summed E-state index contributed by atoms with van der Waals surface area (Å²) in [4.78, 5) is 12.4. The topological polar surface area (TPSA) is 85.2 Å². The first kappa shape index (κ1) is 28.2. The van der Waals surface area contributed by atoms with E-state index in [2.05, 4.69) is 15.6 Å². The van der Waals surface area contributed by atoms with Crippen LogP contribution in [-0.2, 0) is 17.1 Å². The van der Waals surface area contributed by atoms with Crippen LogP contribution in [0.25, 0.3) is 0 Å². The molecule has 8 nitrogen and oxygen atoms in total. The molecule has 1 fully saturated rings. The fourth-order valence-corrected chi connectivity index (χ4v) is 5.03. The zero-order valence-corrected chi connectivity index (χ0v) is 21.3. The lowest BCUT2D eigenvalue weighted by Crippen LogP contribution is -2.55. The fourth-order valence-electron chi connectivity index (χ4n) is 5.03. The van der Waals surface area contributed by atoms with Gasteiger partial charge in [0, 0.05) is 55.8 Å². The van der Waals surface area contributed by atoms with Gasteiger partial charge >= 0.3 is 12.4 Å². The Morgan fingerprint density at radius 3 is 2.45 bits per heavy atom. The molecule has 2 atom stereocenters. The molecule has 2 unspecified atom stereocenters. The average molecular weight is 571 g/mol. The normalized spacial score (nSPS) is 22.8. The maximum atomic E-state index is 13.7. The molecule has 1 saturated heterocycles. The summed E-state index contributed by atoms with van der Waals surface area (Å²) in [6.45, 7) is 1.60. The molecule has 3 aliphatic heterocycles. The van der Waals surface area contributed by atoms with Crippen molar-refractivity contribution in [3.05, 3.63) is 65.0 Å². The molecule has 0 amide bonds. The van der Waals surface area contributed by atoms with Gasteiger partial charge in [0.15, 0.2) is 6.29 Å². The van der Waals surface area contributed by atoms with Crippen LogP contribution in [0.15, 0.2) is 58.9 Å². The highest BCUT2D eigenvalue weighted by Crippen LogP contribution is 2.37. The summed E-state index contributed by atoms with van der Waals surface area (Å²) in [5.74, 6) is 0.268. The number of rotatable bonds is 4. The minimum absolute atomic E-state index is 0.153. The van der Waals surface area contributed by atoms with Crippen LogP contribution in [0.3, 0.4) is 0 Å². The monoisotopic (exact) mass is 570 g/mol. The van der Waals surface area contributed by atoms with E-state index < -0.39 is 35.9 Å². The van der Waals surface area contributed by atoms with Crippen LogP contribution >= 0.6 is 0 Å². The lowest BCUT2D eigenvalue weighted by molar-refractivity contribution is -0.138. The summed E-state index contributed by atoms with van der Waals surface area (Å²) < 4.78 is 85.9. The van der Waals surface area contributed by atoms with Gasteiger partial charge in [-0.25, -0.2) is 9.98 Å². The Kier molecular flexibility index (Phi) is 7.93. The Balaban J connectivity index is 1.42. The highest BCUT2D eigenvalue weighted by atomic mass is 19.4. The smallest absolute Gasteiger partial charge is 0.394 e. The maximum Gasteiger partial charge on any atom is 0.419 e. The highest BCUT2D eigenvalue weighted by molar-refractivity contribution is 6.09. The maximum absolute atomic E-state index is 13.7. The Hall–Kier alpha value is -3.36. The largest absolute Gasteiger partial charge is 0.419 e. The lowest BCUT2D eigenvalue weighted by atomic mass is 10.1. The lowest BCUT2D eigenvalue weighted by Gasteiger charge is -2.39. The van der Waals surface area contributed by atoms with Crippen molar-refractivity contribution < 1.29 is 36.2 Å². The van der Waals surface area contributed by atoms with Crippen molar-refractivity contribution in [3.8, 4) is 0 Å². The molecule has 4 heterocycles. The molecule has 14 heteroatoms. The van der Waals surface area contributed by atoms with Crippen LogP contribution in [0, 0.1) is 0 Å². The minimum Gasteiger partial charge on any atom is -0.394 e. The SMILES string of the molecule is OCC1CN(C2N=C(Nc3ccc(C(F)(F)F)cc3)C3=C(CCN(c4ncccc4C(F)(F)F)CC3)N2)CCO1. The molecule has 5 rings (SSSR count). The molecule has 216 valence electrons. The van der Waals surface area contributed by atoms with E-state index in [0.717, 1.165) is 29.5 Å². The van der Waals surface area contributed by atoms with E-state index in [1.54, 1.807) is 4.90 Å².